The lowest BCUT2D eigenvalue weighted by atomic mass is 9.54. The molecule has 6 fully saturated rings. The summed E-state index contributed by atoms with van der Waals surface area (Å²) in [4.78, 5) is 87.1. The second-order valence-corrected chi connectivity index (χ2v) is 21.5. The molecule has 4 aliphatic carbocycles. The van der Waals surface area contributed by atoms with Gasteiger partial charge in [0.2, 0.25) is 29.5 Å². The third kappa shape index (κ3) is 6.35. The fourth-order valence-corrected chi connectivity index (χ4v) is 15.1. The van der Waals surface area contributed by atoms with E-state index in [2.05, 4.69) is 38.7 Å². The van der Waals surface area contributed by atoms with Crippen molar-refractivity contribution in [3.63, 3.8) is 0 Å². The number of imidazole rings is 1. The molecule has 352 valence electrons. The molecule has 12 rings (SSSR count). The van der Waals surface area contributed by atoms with Crippen LogP contribution in [0.3, 0.4) is 0 Å². The molecule has 15 heteroatoms. The molecule has 2 saturated heterocycles. The first kappa shape index (κ1) is 44.5. The molecule has 13 nitrogen and oxygen atoms in total. The lowest BCUT2D eigenvalue weighted by molar-refractivity contribution is -0.139. The van der Waals surface area contributed by atoms with Gasteiger partial charge in [-0.15, -0.1) is 0 Å². The average molecular weight is 949 g/mol. The summed E-state index contributed by atoms with van der Waals surface area (Å²) in [7, 11) is 1.71. The van der Waals surface area contributed by atoms with Crippen LogP contribution in [0.2, 0.25) is 10.0 Å². The standard InChI is InChI=1S/C52H59Cl2N7O6/c1-3-59-43-41(52(51(59)20-7-5-8-21-51)34-16-15-32(53)30-36(34)56-47(52)66)33-12-10-13-35(54)42(33)61(45(43)64)50-25-22-49(23-26-50,24-27-50)46(65)55-28-9-4-6-11-31-14-17-37-39(29-31)58(2)48(67)60(37)38-18-19-40(62)57-44(38)63/h10,12-17,29-30,38,41,43H,3-9,11,18-28H2,1-2H3,(H,55,65)(H,56,66)(H,57,62,63)/t38?,41-,43+,49?,50?,52+/m0/s1. The molecule has 67 heavy (non-hydrogen) atoms. The molecule has 2 bridgehead atoms. The highest BCUT2D eigenvalue weighted by molar-refractivity contribution is 6.34. The van der Waals surface area contributed by atoms with Gasteiger partial charge in [-0.2, -0.15) is 0 Å². The van der Waals surface area contributed by atoms with Crippen molar-refractivity contribution in [2.45, 2.75) is 151 Å². The Bertz CT molecular complexity index is 2800. The number of anilines is 2. The molecule has 4 saturated carbocycles. The zero-order valence-corrected chi connectivity index (χ0v) is 39.9. The van der Waals surface area contributed by atoms with Crippen molar-refractivity contribution in [1.29, 1.82) is 0 Å². The smallest absolute Gasteiger partial charge is 0.329 e. The fourth-order valence-electron chi connectivity index (χ4n) is 14.7. The number of likely N-dealkylation sites (tertiary alicyclic amines) is 1. The molecule has 2 spiro atoms. The van der Waals surface area contributed by atoms with Gasteiger partial charge in [0, 0.05) is 53.1 Å². The van der Waals surface area contributed by atoms with Gasteiger partial charge in [0.15, 0.2) is 0 Å². The van der Waals surface area contributed by atoms with Crippen molar-refractivity contribution < 1.29 is 24.0 Å². The number of aromatic nitrogens is 2. The molecule has 8 aliphatic rings. The van der Waals surface area contributed by atoms with Crippen molar-refractivity contribution >= 4 is 75.1 Å². The summed E-state index contributed by atoms with van der Waals surface area (Å²) < 4.78 is 3.07. The van der Waals surface area contributed by atoms with Crippen LogP contribution in [0.4, 0.5) is 11.4 Å². The molecule has 3 aromatic carbocycles. The zero-order valence-electron chi connectivity index (χ0n) is 38.4. The maximum Gasteiger partial charge on any atom is 0.329 e. The van der Waals surface area contributed by atoms with Crippen LogP contribution in [-0.4, -0.2) is 73.8 Å². The minimum Gasteiger partial charge on any atom is -0.356 e. The van der Waals surface area contributed by atoms with Crippen LogP contribution in [0.1, 0.15) is 138 Å². The van der Waals surface area contributed by atoms with Crippen LogP contribution in [0.5, 0.6) is 0 Å². The summed E-state index contributed by atoms with van der Waals surface area (Å²) in [5.74, 6) is -1.13. The van der Waals surface area contributed by atoms with Crippen molar-refractivity contribution in [2.24, 2.45) is 12.5 Å². The van der Waals surface area contributed by atoms with Gasteiger partial charge in [-0.25, -0.2) is 4.79 Å². The molecule has 1 unspecified atom stereocenters. The molecule has 4 aromatic rings. The lowest BCUT2D eigenvalue weighted by Crippen LogP contribution is -2.66. The number of imide groups is 1. The number of hydrogen-bond donors (Lipinski definition) is 3. The van der Waals surface area contributed by atoms with Gasteiger partial charge in [-0.3, -0.25) is 43.3 Å². The van der Waals surface area contributed by atoms with Gasteiger partial charge in [0.05, 0.1) is 27.8 Å². The summed E-state index contributed by atoms with van der Waals surface area (Å²) in [6, 6.07) is 16.4. The summed E-state index contributed by atoms with van der Waals surface area (Å²) in [6.07, 6.45) is 12.8. The van der Waals surface area contributed by atoms with E-state index in [9.17, 15) is 19.2 Å². The summed E-state index contributed by atoms with van der Waals surface area (Å²) in [5.41, 5.74) is 3.04. The van der Waals surface area contributed by atoms with E-state index >= 15 is 9.59 Å². The first-order valence-corrected chi connectivity index (χ1v) is 25.4. The molecule has 0 radical (unpaired) electrons. The number of hydrogen-bond acceptors (Lipinski definition) is 7. The number of likely N-dealkylation sites (N-methyl/N-ethyl adjacent to an activating group) is 1. The molecule has 1 aromatic heterocycles. The van der Waals surface area contributed by atoms with Crippen LogP contribution in [0, 0.1) is 5.41 Å². The SMILES string of the molecule is CCN1[C@H]2C(=O)N(C34CCC(C(=O)NCCCCCc5ccc6c(c5)n(C)c(=O)n6C5CCC(=O)NC5=O)(CC3)CC4)c3c(Cl)cccc3[C@@H]2[C@]2(C(=O)Nc3cc(Cl)ccc32)C12CCCCC2. The number of carbonyl (C=O) groups is 5. The molecule has 4 aliphatic heterocycles. The highest BCUT2D eigenvalue weighted by Crippen LogP contribution is 2.69. The maximum atomic E-state index is 15.9. The number of unbranched alkanes of at least 4 members (excludes halogenated alkanes) is 2. The highest BCUT2D eigenvalue weighted by Gasteiger charge is 2.77. The van der Waals surface area contributed by atoms with Gasteiger partial charge in [-0.1, -0.05) is 80.1 Å². The highest BCUT2D eigenvalue weighted by atomic mass is 35.5. The quantitative estimate of drug-likeness (QED) is 0.108. The topological polar surface area (TPSA) is 155 Å². The first-order chi connectivity index (χ1) is 32.3. The van der Waals surface area contributed by atoms with Gasteiger partial charge >= 0.3 is 5.69 Å². The van der Waals surface area contributed by atoms with Crippen LogP contribution in [0.15, 0.2) is 59.4 Å². The second kappa shape index (κ2) is 16.3. The minimum atomic E-state index is -1.01. The number of nitrogens with zero attached hydrogens (tertiary/aromatic N) is 4. The number of para-hydroxylation sites is 1. The van der Waals surface area contributed by atoms with E-state index in [1.54, 1.807) is 11.6 Å². The van der Waals surface area contributed by atoms with E-state index in [1.165, 1.54) is 4.57 Å². The Morgan fingerprint density at radius 3 is 2.33 bits per heavy atom. The number of nitrogens with one attached hydrogen (secondary N) is 3. The van der Waals surface area contributed by atoms with E-state index in [4.69, 9.17) is 23.2 Å². The molecule has 4 atom stereocenters. The fraction of sp³-hybridized carbons (Fsp3) is 0.538. The number of amides is 5. The third-order valence-corrected chi connectivity index (χ3v) is 18.3. The number of carbonyl (C=O) groups excluding carboxylic acids is 5. The van der Waals surface area contributed by atoms with Crippen LogP contribution < -0.4 is 26.5 Å². The normalized spacial score (nSPS) is 29.6. The lowest BCUT2D eigenvalue weighted by Gasteiger charge is -2.59. The van der Waals surface area contributed by atoms with Crippen molar-refractivity contribution in [1.82, 2.24) is 24.7 Å². The Kier molecular flexibility index (Phi) is 10.9. The molecule has 3 N–H and O–H groups in total. The number of rotatable bonds is 10. The Hall–Kier alpha value is -4.98. The maximum absolute atomic E-state index is 15.9. The Labute approximate surface area is 400 Å². The summed E-state index contributed by atoms with van der Waals surface area (Å²) in [5, 5.41) is 10.0. The van der Waals surface area contributed by atoms with E-state index in [-0.39, 0.29) is 35.7 Å². The first-order valence-electron chi connectivity index (χ1n) is 24.6. The Balaban J connectivity index is 0.779. The van der Waals surface area contributed by atoms with Crippen molar-refractivity contribution in [3.05, 3.63) is 91.8 Å². The largest absolute Gasteiger partial charge is 0.356 e. The molecule has 5 amide bonds. The number of halogens is 2. The van der Waals surface area contributed by atoms with Gasteiger partial charge in [0.25, 0.3) is 0 Å². The van der Waals surface area contributed by atoms with Crippen LogP contribution >= 0.6 is 23.2 Å². The third-order valence-electron chi connectivity index (χ3n) is 17.8. The van der Waals surface area contributed by atoms with Gasteiger partial charge in [-0.05, 0) is 131 Å². The Morgan fingerprint density at radius 1 is 0.836 bits per heavy atom. The van der Waals surface area contributed by atoms with Crippen LogP contribution in [0.25, 0.3) is 11.0 Å². The van der Waals surface area contributed by atoms with Gasteiger partial charge < -0.3 is 15.5 Å². The Morgan fingerprint density at radius 2 is 1.60 bits per heavy atom. The zero-order chi connectivity index (χ0) is 46.6. The minimum absolute atomic E-state index is 0.0259. The van der Waals surface area contributed by atoms with Crippen molar-refractivity contribution in [2.75, 3.05) is 23.3 Å². The molecular weight excluding hydrogens is 890 g/mol. The average Bonchev–Trinajstić information content (AvgIpc) is 3.86. The predicted molar refractivity (Wildman–Crippen MR) is 257 cm³/mol. The number of benzene rings is 3. The predicted octanol–water partition coefficient (Wildman–Crippen LogP) is 7.97. The monoisotopic (exact) mass is 947 g/mol. The van der Waals surface area contributed by atoms with E-state index < -0.39 is 45.8 Å². The van der Waals surface area contributed by atoms with E-state index in [0.29, 0.717) is 73.6 Å². The molecule has 5 heterocycles. The summed E-state index contributed by atoms with van der Waals surface area (Å²) in [6.45, 7) is 3.35. The number of fused-ring (bicyclic) bond motifs is 11. The second-order valence-electron chi connectivity index (χ2n) is 20.7. The van der Waals surface area contributed by atoms with Gasteiger partial charge in [0.1, 0.15) is 11.5 Å². The van der Waals surface area contributed by atoms with E-state index in [0.717, 1.165) is 91.4 Å². The van der Waals surface area contributed by atoms with Crippen LogP contribution in [-0.2, 0) is 42.9 Å². The van der Waals surface area contributed by atoms with Crippen molar-refractivity contribution in [3.8, 4) is 0 Å². The molecular formula is C52H59Cl2N7O6. The number of aryl methyl sites for hydroxylation is 2. The van der Waals surface area contributed by atoms with E-state index in [1.807, 2.05) is 48.5 Å². The summed E-state index contributed by atoms with van der Waals surface area (Å²) >= 11 is 13.8. The number of piperidine rings is 1.